The average molecular weight is 319 g/mol. The Bertz CT molecular complexity index is 506. The second-order valence-electron chi connectivity index (χ2n) is 6.75. The van der Waals surface area contributed by atoms with Gasteiger partial charge in [0.15, 0.2) is 0 Å². The quantitative estimate of drug-likeness (QED) is 0.354. The maximum atomic E-state index is 12.1. The molecule has 0 bridgehead atoms. The monoisotopic (exact) mass is 319 g/mol. The molecule has 0 aromatic rings. The molecule has 23 heavy (non-hydrogen) atoms. The van der Waals surface area contributed by atoms with E-state index in [1.165, 1.54) is 18.6 Å². The molecule has 0 aromatic carbocycles. The summed E-state index contributed by atoms with van der Waals surface area (Å²) in [5, 5.41) is 15.3. The number of nitrogens with zero attached hydrogens (tertiary/aromatic N) is 4. The molecule has 1 fully saturated rings. The number of nitrogens with one attached hydrogen (secondary N) is 1. The lowest BCUT2D eigenvalue weighted by Crippen LogP contribution is -2.49. The first-order valence-electron chi connectivity index (χ1n) is 7.97. The maximum Gasteiger partial charge on any atom is 0.407 e. The first-order valence-corrected chi connectivity index (χ1v) is 7.97. The van der Waals surface area contributed by atoms with Gasteiger partial charge in [-0.05, 0) is 45.1 Å². The van der Waals surface area contributed by atoms with Crippen LogP contribution in [-0.4, -0.2) is 23.8 Å². The van der Waals surface area contributed by atoms with Gasteiger partial charge in [0.2, 0.25) is 0 Å². The maximum absolute atomic E-state index is 12.1. The van der Waals surface area contributed by atoms with Gasteiger partial charge in [-0.1, -0.05) is 30.5 Å². The minimum absolute atomic E-state index is 0.204. The molecule has 0 aromatic heterocycles. The van der Waals surface area contributed by atoms with Gasteiger partial charge in [0.25, 0.3) is 0 Å². The van der Waals surface area contributed by atoms with Crippen LogP contribution >= 0.6 is 0 Å². The van der Waals surface area contributed by atoms with E-state index in [0.29, 0.717) is 0 Å². The number of hydrogen-bond acceptors (Lipinski definition) is 4. The Morgan fingerprint density at radius 3 is 2.61 bits per heavy atom. The van der Waals surface area contributed by atoms with Crippen LogP contribution in [-0.2, 0) is 4.74 Å². The molecule has 7 heteroatoms. The standard InChI is InChI=1S/C16H25N5O2/c1-16(2,3)23-15(22)19-14(12-8-5-4-6-9-12)13(20-21-18)10-7-11-17/h7,10,12-14H,4-6,8-9H2,1-3H3,(H,19,22)/b10-7+/t13-,14+/m0/s1. The van der Waals surface area contributed by atoms with E-state index in [9.17, 15) is 4.79 Å². The van der Waals surface area contributed by atoms with E-state index in [4.69, 9.17) is 15.5 Å². The number of carbonyl (C=O) groups is 1. The Labute approximate surface area is 137 Å². The van der Waals surface area contributed by atoms with Crippen molar-refractivity contribution in [2.24, 2.45) is 11.0 Å². The lowest BCUT2D eigenvalue weighted by atomic mass is 9.81. The summed E-state index contributed by atoms with van der Waals surface area (Å²) in [7, 11) is 0. The highest BCUT2D eigenvalue weighted by Gasteiger charge is 2.31. The fourth-order valence-corrected chi connectivity index (χ4v) is 2.85. The number of azide groups is 1. The van der Waals surface area contributed by atoms with Gasteiger partial charge in [0, 0.05) is 17.0 Å². The van der Waals surface area contributed by atoms with Gasteiger partial charge in [-0.25, -0.2) is 4.79 Å². The number of allylic oxidation sites excluding steroid dienone is 1. The third-order valence-corrected chi connectivity index (χ3v) is 3.76. The van der Waals surface area contributed by atoms with Crippen molar-refractivity contribution in [2.75, 3.05) is 0 Å². The minimum atomic E-state index is -0.602. The first kappa shape index (κ1) is 18.9. The Balaban J connectivity index is 2.94. The summed E-state index contributed by atoms with van der Waals surface area (Å²) in [5.41, 5.74) is 8.20. The summed E-state index contributed by atoms with van der Waals surface area (Å²) in [5.74, 6) is 0.204. The number of hydrogen-bond donors (Lipinski definition) is 1. The molecule has 1 aliphatic carbocycles. The number of carbonyl (C=O) groups excluding carboxylic acids is 1. The molecule has 7 nitrogen and oxygen atoms in total. The molecule has 1 aliphatic rings. The van der Waals surface area contributed by atoms with Crippen LogP contribution < -0.4 is 5.32 Å². The molecule has 0 radical (unpaired) electrons. The molecule has 2 atom stereocenters. The number of ether oxygens (including phenoxy) is 1. The Kier molecular flexibility index (Phi) is 7.43. The van der Waals surface area contributed by atoms with Crippen molar-refractivity contribution in [1.82, 2.24) is 5.32 Å². The highest BCUT2D eigenvalue weighted by molar-refractivity contribution is 5.68. The van der Waals surface area contributed by atoms with Gasteiger partial charge in [-0.15, -0.1) is 0 Å². The second kappa shape index (κ2) is 9.06. The Morgan fingerprint density at radius 1 is 1.43 bits per heavy atom. The van der Waals surface area contributed by atoms with Gasteiger partial charge in [-0.3, -0.25) is 0 Å². The van der Waals surface area contributed by atoms with Crippen molar-refractivity contribution in [3.63, 3.8) is 0 Å². The van der Waals surface area contributed by atoms with Crippen LogP contribution in [0.5, 0.6) is 0 Å². The van der Waals surface area contributed by atoms with Gasteiger partial charge in [-0.2, -0.15) is 5.26 Å². The third-order valence-electron chi connectivity index (χ3n) is 3.76. The van der Waals surface area contributed by atoms with E-state index in [1.807, 2.05) is 6.07 Å². The Hall–Kier alpha value is -2.19. The molecule has 1 rings (SSSR count). The molecular weight excluding hydrogens is 294 g/mol. The van der Waals surface area contributed by atoms with Crippen LogP contribution in [0.3, 0.4) is 0 Å². The lowest BCUT2D eigenvalue weighted by Gasteiger charge is -2.34. The normalized spacial score (nSPS) is 18.5. The predicted octanol–water partition coefficient (Wildman–Crippen LogP) is 4.22. The zero-order valence-electron chi connectivity index (χ0n) is 14.0. The van der Waals surface area contributed by atoms with Crippen molar-refractivity contribution in [3.8, 4) is 6.07 Å². The molecule has 1 amide bonds. The number of amides is 1. The van der Waals surface area contributed by atoms with Crippen molar-refractivity contribution in [2.45, 2.75) is 70.6 Å². The molecule has 0 saturated heterocycles. The van der Waals surface area contributed by atoms with Crippen LogP contribution in [0, 0.1) is 17.2 Å². The van der Waals surface area contributed by atoms with Gasteiger partial charge >= 0.3 is 6.09 Å². The largest absolute Gasteiger partial charge is 0.444 e. The molecule has 1 saturated carbocycles. The van der Waals surface area contributed by atoms with Crippen molar-refractivity contribution in [1.29, 1.82) is 5.26 Å². The number of nitriles is 1. The topological polar surface area (TPSA) is 111 Å². The summed E-state index contributed by atoms with van der Waals surface area (Å²) >= 11 is 0. The highest BCUT2D eigenvalue weighted by atomic mass is 16.6. The smallest absolute Gasteiger partial charge is 0.407 e. The zero-order valence-corrected chi connectivity index (χ0v) is 14.0. The molecule has 1 N–H and O–H groups in total. The van der Waals surface area contributed by atoms with Gasteiger partial charge in [0.05, 0.1) is 12.1 Å². The predicted molar refractivity (Wildman–Crippen MR) is 87.4 cm³/mol. The summed E-state index contributed by atoms with van der Waals surface area (Å²) in [4.78, 5) is 15.0. The van der Waals surface area contributed by atoms with E-state index >= 15 is 0 Å². The lowest BCUT2D eigenvalue weighted by molar-refractivity contribution is 0.0471. The van der Waals surface area contributed by atoms with Gasteiger partial charge < -0.3 is 10.1 Å². The molecule has 0 spiro atoms. The Morgan fingerprint density at radius 2 is 2.09 bits per heavy atom. The summed E-state index contributed by atoms with van der Waals surface area (Å²) in [6.45, 7) is 5.38. The fourth-order valence-electron chi connectivity index (χ4n) is 2.85. The van der Waals surface area contributed by atoms with Crippen molar-refractivity contribution in [3.05, 3.63) is 22.6 Å². The third kappa shape index (κ3) is 7.07. The highest BCUT2D eigenvalue weighted by Crippen LogP contribution is 2.29. The minimum Gasteiger partial charge on any atom is -0.444 e. The van der Waals surface area contributed by atoms with Crippen LogP contribution in [0.25, 0.3) is 10.4 Å². The number of alkyl carbamates (subject to hydrolysis) is 1. The second-order valence-corrected chi connectivity index (χ2v) is 6.75. The first-order chi connectivity index (χ1) is 10.9. The fraction of sp³-hybridized carbons (Fsp3) is 0.750. The summed E-state index contributed by atoms with van der Waals surface area (Å²) in [6, 6.07) is 0.927. The van der Waals surface area contributed by atoms with Crippen LogP contribution in [0.15, 0.2) is 17.3 Å². The molecule has 0 heterocycles. The van der Waals surface area contributed by atoms with Crippen LogP contribution in [0.2, 0.25) is 0 Å². The molecule has 0 unspecified atom stereocenters. The van der Waals surface area contributed by atoms with Crippen molar-refractivity contribution >= 4 is 6.09 Å². The van der Waals surface area contributed by atoms with Crippen LogP contribution in [0.1, 0.15) is 52.9 Å². The van der Waals surface area contributed by atoms with E-state index in [1.54, 1.807) is 20.8 Å². The van der Waals surface area contributed by atoms with Gasteiger partial charge in [0.1, 0.15) is 5.60 Å². The van der Waals surface area contributed by atoms with E-state index in [2.05, 4.69) is 15.3 Å². The van der Waals surface area contributed by atoms with Crippen molar-refractivity contribution < 1.29 is 9.53 Å². The van der Waals surface area contributed by atoms with Crippen LogP contribution in [0.4, 0.5) is 4.79 Å². The number of rotatable bonds is 5. The average Bonchev–Trinajstić information content (AvgIpc) is 2.48. The molecule has 0 aliphatic heterocycles. The summed E-state index contributed by atoms with van der Waals surface area (Å²) in [6.07, 6.45) is 7.55. The zero-order chi connectivity index (χ0) is 17.3. The molecular formula is C16H25N5O2. The molecule has 126 valence electrons. The van der Waals surface area contributed by atoms with E-state index < -0.39 is 17.7 Å². The SMILES string of the molecule is CC(C)(C)OC(=O)N[C@H](C1CCCCC1)[C@H](/C=C/C#N)N=[N+]=[N-]. The van der Waals surface area contributed by atoms with E-state index in [-0.39, 0.29) is 12.0 Å². The summed E-state index contributed by atoms with van der Waals surface area (Å²) < 4.78 is 5.32. The van der Waals surface area contributed by atoms with E-state index in [0.717, 1.165) is 25.7 Å².